The van der Waals surface area contributed by atoms with Crippen molar-refractivity contribution in [1.29, 1.82) is 0 Å². The van der Waals surface area contributed by atoms with Crippen molar-refractivity contribution in [2.75, 3.05) is 7.11 Å². The first-order valence-corrected chi connectivity index (χ1v) is 5.69. The summed E-state index contributed by atoms with van der Waals surface area (Å²) in [6.07, 6.45) is 0. The van der Waals surface area contributed by atoms with E-state index in [-0.39, 0.29) is 11.6 Å². The highest BCUT2D eigenvalue weighted by Crippen LogP contribution is 2.28. The predicted octanol–water partition coefficient (Wildman–Crippen LogP) is 2.48. The topological polar surface area (TPSA) is 43.4 Å². The molecule has 1 unspecified atom stereocenters. The molecule has 0 N–H and O–H groups in total. The standard InChI is InChI=1S/C14H17FO3/c1-9(13(17)18-4)12(16)14(2,3)10-5-7-11(15)8-6-10/h5-9H,1-4H3. The highest BCUT2D eigenvalue weighted by molar-refractivity contribution is 6.03. The van der Waals surface area contributed by atoms with Gasteiger partial charge in [0.15, 0.2) is 5.78 Å². The molecule has 0 aromatic heterocycles. The number of hydrogen-bond donors (Lipinski definition) is 0. The first kappa shape index (κ1) is 14.4. The van der Waals surface area contributed by atoms with E-state index in [2.05, 4.69) is 4.74 Å². The van der Waals surface area contributed by atoms with Crippen LogP contribution in [0.25, 0.3) is 0 Å². The van der Waals surface area contributed by atoms with E-state index in [4.69, 9.17) is 0 Å². The van der Waals surface area contributed by atoms with E-state index in [1.807, 2.05) is 0 Å². The largest absolute Gasteiger partial charge is 0.468 e. The number of carbonyl (C=O) groups is 2. The molecule has 1 rings (SSSR count). The predicted molar refractivity (Wildman–Crippen MR) is 65.6 cm³/mol. The maximum absolute atomic E-state index is 12.9. The summed E-state index contributed by atoms with van der Waals surface area (Å²) in [5.41, 5.74) is -0.189. The summed E-state index contributed by atoms with van der Waals surface area (Å²) in [6.45, 7) is 4.93. The quantitative estimate of drug-likeness (QED) is 0.610. The van der Waals surface area contributed by atoms with Crippen LogP contribution in [0.3, 0.4) is 0 Å². The smallest absolute Gasteiger partial charge is 0.315 e. The number of ether oxygens (including phenoxy) is 1. The fourth-order valence-corrected chi connectivity index (χ4v) is 1.83. The average molecular weight is 252 g/mol. The molecule has 0 amide bonds. The molecule has 1 aromatic rings. The third-order valence-corrected chi connectivity index (χ3v) is 3.13. The summed E-state index contributed by atoms with van der Waals surface area (Å²) in [5, 5.41) is 0. The number of ketones is 1. The average Bonchev–Trinajstić information content (AvgIpc) is 2.36. The summed E-state index contributed by atoms with van der Waals surface area (Å²) < 4.78 is 17.4. The third-order valence-electron chi connectivity index (χ3n) is 3.13. The number of benzene rings is 1. The Kier molecular flexibility index (Phi) is 4.22. The Balaban J connectivity index is 3.02. The van der Waals surface area contributed by atoms with Crippen LogP contribution < -0.4 is 0 Å². The summed E-state index contributed by atoms with van der Waals surface area (Å²) >= 11 is 0. The molecule has 0 spiro atoms. The summed E-state index contributed by atoms with van der Waals surface area (Å²) in [6, 6.07) is 5.70. The van der Waals surface area contributed by atoms with Crippen molar-refractivity contribution in [3.05, 3.63) is 35.6 Å². The molecule has 0 saturated carbocycles. The molecule has 18 heavy (non-hydrogen) atoms. The van der Waals surface area contributed by atoms with Gasteiger partial charge in [0.2, 0.25) is 0 Å². The van der Waals surface area contributed by atoms with Gasteiger partial charge < -0.3 is 4.74 Å². The zero-order valence-electron chi connectivity index (χ0n) is 11.0. The minimum absolute atomic E-state index is 0.249. The van der Waals surface area contributed by atoms with Gasteiger partial charge in [0, 0.05) is 5.41 Å². The second-order valence-electron chi connectivity index (χ2n) is 4.74. The molecule has 3 nitrogen and oxygen atoms in total. The Labute approximate surface area is 106 Å². The van der Waals surface area contributed by atoms with Crippen LogP contribution in [0.5, 0.6) is 0 Å². The molecule has 0 aliphatic rings. The van der Waals surface area contributed by atoms with Gasteiger partial charge in [-0.1, -0.05) is 12.1 Å². The highest BCUT2D eigenvalue weighted by Gasteiger charge is 2.36. The number of hydrogen-bond acceptors (Lipinski definition) is 3. The molecule has 0 heterocycles. The van der Waals surface area contributed by atoms with E-state index in [1.54, 1.807) is 26.0 Å². The Morgan fingerprint density at radius 2 is 1.72 bits per heavy atom. The lowest BCUT2D eigenvalue weighted by Gasteiger charge is -2.26. The van der Waals surface area contributed by atoms with Gasteiger partial charge in [-0.2, -0.15) is 0 Å². The van der Waals surface area contributed by atoms with Crippen LogP contribution >= 0.6 is 0 Å². The lowest BCUT2D eigenvalue weighted by molar-refractivity contribution is -0.150. The molecule has 0 bridgehead atoms. The molecule has 0 aliphatic carbocycles. The zero-order valence-corrected chi connectivity index (χ0v) is 11.0. The van der Waals surface area contributed by atoms with Crippen molar-refractivity contribution in [3.8, 4) is 0 Å². The van der Waals surface area contributed by atoms with Crippen LogP contribution in [-0.4, -0.2) is 18.9 Å². The number of halogens is 1. The number of rotatable bonds is 4. The van der Waals surface area contributed by atoms with Crippen molar-refractivity contribution in [2.45, 2.75) is 26.2 Å². The van der Waals surface area contributed by atoms with Crippen LogP contribution in [0.1, 0.15) is 26.3 Å². The van der Waals surface area contributed by atoms with E-state index in [0.717, 1.165) is 0 Å². The number of Topliss-reactive ketones (excluding diaryl/α,β-unsaturated/α-hetero) is 1. The molecular weight excluding hydrogens is 235 g/mol. The Morgan fingerprint density at radius 1 is 1.22 bits per heavy atom. The van der Waals surface area contributed by atoms with Crippen molar-refractivity contribution < 1.29 is 18.7 Å². The molecule has 0 aliphatic heterocycles. The van der Waals surface area contributed by atoms with Gasteiger partial charge in [0.25, 0.3) is 0 Å². The number of esters is 1. The summed E-state index contributed by atoms with van der Waals surface area (Å²) in [5.74, 6) is -2.01. The van der Waals surface area contributed by atoms with Crippen molar-refractivity contribution in [2.24, 2.45) is 5.92 Å². The van der Waals surface area contributed by atoms with Crippen LogP contribution in [0.4, 0.5) is 4.39 Å². The lowest BCUT2D eigenvalue weighted by atomic mass is 9.76. The first-order valence-electron chi connectivity index (χ1n) is 5.69. The second-order valence-corrected chi connectivity index (χ2v) is 4.74. The number of carbonyl (C=O) groups excluding carboxylic acids is 2. The Bertz CT molecular complexity index is 449. The molecule has 4 heteroatoms. The normalized spacial score (nSPS) is 12.9. The molecule has 98 valence electrons. The molecule has 1 atom stereocenters. The summed E-state index contributed by atoms with van der Waals surface area (Å²) in [7, 11) is 1.25. The van der Waals surface area contributed by atoms with Gasteiger partial charge in [-0.3, -0.25) is 9.59 Å². The van der Waals surface area contributed by atoms with Gasteiger partial charge in [-0.15, -0.1) is 0 Å². The Morgan fingerprint density at radius 3 is 2.17 bits per heavy atom. The molecule has 0 saturated heterocycles. The fourth-order valence-electron chi connectivity index (χ4n) is 1.83. The van der Waals surface area contributed by atoms with Crippen LogP contribution in [0, 0.1) is 11.7 Å². The maximum atomic E-state index is 12.9. The fraction of sp³-hybridized carbons (Fsp3) is 0.429. The van der Waals surface area contributed by atoms with E-state index < -0.39 is 17.3 Å². The van der Waals surface area contributed by atoms with Gasteiger partial charge in [0.05, 0.1) is 7.11 Å². The van der Waals surface area contributed by atoms with Crippen LogP contribution in [-0.2, 0) is 19.7 Å². The minimum atomic E-state index is -0.860. The SMILES string of the molecule is COC(=O)C(C)C(=O)C(C)(C)c1ccc(F)cc1. The molecule has 0 radical (unpaired) electrons. The van der Waals surface area contributed by atoms with Crippen LogP contribution in [0.2, 0.25) is 0 Å². The van der Waals surface area contributed by atoms with Gasteiger partial charge >= 0.3 is 5.97 Å². The Hall–Kier alpha value is -1.71. The molecule has 0 fully saturated rings. The first-order chi connectivity index (χ1) is 8.30. The number of methoxy groups -OCH3 is 1. The van der Waals surface area contributed by atoms with E-state index in [0.29, 0.717) is 5.56 Å². The second kappa shape index (κ2) is 5.29. The molecule has 1 aromatic carbocycles. The summed E-state index contributed by atoms with van der Waals surface area (Å²) in [4.78, 5) is 23.6. The van der Waals surface area contributed by atoms with Crippen molar-refractivity contribution in [1.82, 2.24) is 0 Å². The van der Waals surface area contributed by atoms with E-state index in [1.165, 1.54) is 26.2 Å². The highest BCUT2D eigenvalue weighted by atomic mass is 19.1. The third kappa shape index (κ3) is 2.75. The van der Waals surface area contributed by atoms with E-state index in [9.17, 15) is 14.0 Å². The maximum Gasteiger partial charge on any atom is 0.315 e. The van der Waals surface area contributed by atoms with Crippen molar-refractivity contribution >= 4 is 11.8 Å². The van der Waals surface area contributed by atoms with E-state index >= 15 is 0 Å². The van der Waals surface area contributed by atoms with Crippen LogP contribution in [0.15, 0.2) is 24.3 Å². The van der Waals surface area contributed by atoms with Gasteiger partial charge in [-0.25, -0.2) is 4.39 Å². The lowest BCUT2D eigenvalue weighted by Crippen LogP contribution is -2.37. The van der Waals surface area contributed by atoms with Gasteiger partial charge in [0.1, 0.15) is 11.7 Å². The monoisotopic (exact) mass is 252 g/mol. The van der Waals surface area contributed by atoms with Gasteiger partial charge in [-0.05, 0) is 38.5 Å². The minimum Gasteiger partial charge on any atom is -0.468 e. The molecular formula is C14H17FO3. The van der Waals surface area contributed by atoms with Crippen molar-refractivity contribution in [3.63, 3.8) is 0 Å². The zero-order chi connectivity index (χ0) is 13.9.